The Morgan fingerprint density at radius 3 is 2.24 bits per heavy atom. The first-order valence-electron chi connectivity index (χ1n) is 11.4. The average Bonchev–Trinajstić information content (AvgIpc) is 2.83. The van der Waals surface area contributed by atoms with E-state index in [0.717, 1.165) is 16.8 Å². The third-order valence-corrected chi connectivity index (χ3v) is 7.71. The first-order chi connectivity index (χ1) is 16.2. The standard InChI is InChI=1S/C27H30N2O4S/c1-20-12-14-25(15-13-20)29(19-23-8-5-4-6-9-23)27(30)24-10-7-11-26(16-24)34(31,32)28-17-21(2)33-22(3)18-28/h4-16,21-22H,17-19H2,1-3H3/t21-,22-/m1/s1. The van der Waals surface area contributed by atoms with E-state index in [1.54, 1.807) is 23.1 Å². The first-order valence-corrected chi connectivity index (χ1v) is 12.9. The average molecular weight is 479 g/mol. The van der Waals surface area contributed by atoms with Crippen LogP contribution in [0.1, 0.15) is 35.3 Å². The largest absolute Gasteiger partial charge is 0.373 e. The molecule has 178 valence electrons. The molecule has 0 unspecified atom stereocenters. The maximum atomic E-state index is 13.7. The van der Waals surface area contributed by atoms with E-state index in [0.29, 0.717) is 12.1 Å². The van der Waals surface area contributed by atoms with Crippen molar-refractivity contribution in [1.29, 1.82) is 0 Å². The van der Waals surface area contributed by atoms with Gasteiger partial charge in [-0.25, -0.2) is 8.42 Å². The Hall–Kier alpha value is -3.00. The molecule has 1 amide bonds. The minimum absolute atomic E-state index is 0.114. The summed E-state index contributed by atoms with van der Waals surface area (Å²) in [6, 6.07) is 23.8. The third-order valence-electron chi connectivity index (χ3n) is 5.88. The van der Waals surface area contributed by atoms with E-state index < -0.39 is 10.0 Å². The van der Waals surface area contributed by atoms with Crippen molar-refractivity contribution in [3.63, 3.8) is 0 Å². The molecule has 3 aromatic rings. The van der Waals surface area contributed by atoms with Crippen LogP contribution in [0, 0.1) is 6.92 Å². The summed E-state index contributed by atoms with van der Waals surface area (Å²) in [5, 5.41) is 0. The van der Waals surface area contributed by atoms with Gasteiger partial charge in [0.25, 0.3) is 5.91 Å². The van der Waals surface area contributed by atoms with Crippen molar-refractivity contribution < 1.29 is 17.9 Å². The molecule has 34 heavy (non-hydrogen) atoms. The molecule has 2 atom stereocenters. The molecule has 4 rings (SSSR count). The number of anilines is 1. The molecule has 1 saturated heterocycles. The Labute approximate surface area is 201 Å². The zero-order chi connectivity index (χ0) is 24.3. The van der Waals surface area contributed by atoms with E-state index in [-0.39, 0.29) is 36.1 Å². The van der Waals surface area contributed by atoms with E-state index in [1.807, 2.05) is 75.4 Å². The third kappa shape index (κ3) is 5.38. The van der Waals surface area contributed by atoms with Crippen LogP contribution < -0.4 is 4.90 Å². The van der Waals surface area contributed by atoms with Gasteiger partial charge in [-0.15, -0.1) is 0 Å². The Morgan fingerprint density at radius 2 is 1.59 bits per heavy atom. The van der Waals surface area contributed by atoms with Crippen LogP contribution in [0.15, 0.2) is 83.8 Å². The fraction of sp³-hybridized carbons (Fsp3) is 0.296. The van der Waals surface area contributed by atoms with Crippen LogP contribution in [0.25, 0.3) is 0 Å². The highest BCUT2D eigenvalue weighted by molar-refractivity contribution is 7.89. The van der Waals surface area contributed by atoms with Crippen LogP contribution in [0.2, 0.25) is 0 Å². The highest BCUT2D eigenvalue weighted by Gasteiger charge is 2.32. The summed E-state index contributed by atoms with van der Waals surface area (Å²) in [5.41, 5.74) is 3.16. The van der Waals surface area contributed by atoms with Crippen molar-refractivity contribution in [2.45, 2.75) is 44.4 Å². The molecule has 3 aromatic carbocycles. The lowest BCUT2D eigenvalue weighted by Crippen LogP contribution is -2.48. The van der Waals surface area contributed by atoms with Crippen LogP contribution >= 0.6 is 0 Å². The van der Waals surface area contributed by atoms with Gasteiger partial charge in [0, 0.05) is 24.3 Å². The summed E-state index contributed by atoms with van der Waals surface area (Å²) >= 11 is 0. The van der Waals surface area contributed by atoms with Crippen LogP contribution in [0.3, 0.4) is 0 Å². The van der Waals surface area contributed by atoms with Crippen molar-refractivity contribution in [2.24, 2.45) is 0 Å². The van der Waals surface area contributed by atoms with E-state index in [4.69, 9.17) is 4.74 Å². The Kier molecular flexibility index (Phi) is 7.16. The number of nitrogens with zero attached hydrogens (tertiary/aromatic N) is 2. The second-order valence-corrected chi connectivity index (χ2v) is 10.8. The number of hydrogen-bond donors (Lipinski definition) is 0. The lowest BCUT2D eigenvalue weighted by molar-refractivity contribution is -0.0440. The van der Waals surface area contributed by atoms with Gasteiger partial charge in [-0.3, -0.25) is 4.79 Å². The van der Waals surface area contributed by atoms with Crippen LogP contribution in [0.5, 0.6) is 0 Å². The molecule has 0 bridgehead atoms. The lowest BCUT2D eigenvalue weighted by atomic mass is 10.1. The summed E-state index contributed by atoms with van der Waals surface area (Å²) in [5.74, 6) is -0.256. The van der Waals surface area contributed by atoms with E-state index in [2.05, 4.69) is 0 Å². The van der Waals surface area contributed by atoms with Gasteiger partial charge in [-0.1, -0.05) is 54.1 Å². The van der Waals surface area contributed by atoms with Gasteiger partial charge in [0.15, 0.2) is 0 Å². The summed E-state index contributed by atoms with van der Waals surface area (Å²) in [4.78, 5) is 15.5. The van der Waals surface area contributed by atoms with Gasteiger partial charge in [0.05, 0.1) is 23.6 Å². The molecule has 0 spiro atoms. The summed E-state index contributed by atoms with van der Waals surface area (Å²) in [6.07, 6.45) is -0.377. The Bertz CT molecular complexity index is 1230. The van der Waals surface area contributed by atoms with Crippen LogP contribution in [-0.4, -0.2) is 43.9 Å². The molecule has 0 aromatic heterocycles. The zero-order valence-corrected chi connectivity index (χ0v) is 20.5. The van der Waals surface area contributed by atoms with Crippen molar-refractivity contribution in [3.8, 4) is 0 Å². The van der Waals surface area contributed by atoms with Crippen LogP contribution in [-0.2, 0) is 21.3 Å². The van der Waals surface area contributed by atoms with E-state index >= 15 is 0 Å². The zero-order valence-electron chi connectivity index (χ0n) is 19.7. The number of hydrogen-bond acceptors (Lipinski definition) is 4. The molecule has 1 aliphatic heterocycles. The molecule has 0 N–H and O–H groups in total. The monoisotopic (exact) mass is 478 g/mol. The number of amides is 1. The van der Waals surface area contributed by atoms with Gasteiger partial charge < -0.3 is 9.64 Å². The van der Waals surface area contributed by atoms with Gasteiger partial charge >= 0.3 is 0 Å². The lowest BCUT2D eigenvalue weighted by Gasteiger charge is -2.34. The number of sulfonamides is 1. The molecule has 6 nitrogen and oxygen atoms in total. The second-order valence-electron chi connectivity index (χ2n) is 8.82. The molecule has 0 radical (unpaired) electrons. The van der Waals surface area contributed by atoms with Crippen molar-refractivity contribution in [1.82, 2.24) is 4.31 Å². The van der Waals surface area contributed by atoms with Gasteiger partial charge in [-0.2, -0.15) is 4.31 Å². The normalized spacial score (nSPS) is 19.0. The number of carbonyl (C=O) groups is 1. The number of morpholine rings is 1. The maximum absolute atomic E-state index is 13.7. The minimum Gasteiger partial charge on any atom is -0.373 e. The second kappa shape index (κ2) is 10.1. The fourth-order valence-corrected chi connectivity index (χ4v) is 5.83. The first kappa shape index (κ1) is 24.1. The Morgan fingerprint density at radius 1 is 0.941 bits per heavy atom. The fourth-order valence-electron chi connectivity index (χ4n) is 4.19. The Balaban J connectivity index is 1.67. The highest BCUT2D eigenvalue weighted by atomic mass is 32.2. The molecule has 1 aliphatic rings. The molecule has 0 aliphatic carbocycles. The quantitative estimate of drug-likeness (QED) is 0.518. The van der Waals surface area contributed by atoms with Crippen molar-refractivity contribution in [3.05, 3.63) is 95.6 Å². The van der Waals surface area contributed by atoms with Crippen molar-refractivity contribution >= 4 is 21.6 Å². The van der Waals surface area contributed by atoms with Gasteiger partial charge in [0.1, 0.15) is 0 Å². The van der Waals surface area contributed by atoms with E-state index in [9.17, 15) is 13.2 Å². The number of carbonyl (C=O) groups excluding carboxylic acids is 1. The summed E-state index contributed by atoms with van der Waals surface area (Å²) < 4.78 is 33.9. The molecular weight excluding hydrogens is 448 g/mol. The summed E-state index contributed by atoms with van der Waals surface area (Å²) in [7, 11) is -3.76. The topological polar surface area (TPSA) is 66.9 Å². The van der Waals surface area contributed by atoms with Gasteiger partial charge in [-0.05, 0) is 56.7 Å². The maximum Gasteiger partial charge on any atom is 0.258 e. The van der Waals surface area contributed by atoms with E-state index in [1.165, 1.54) is 10.4 Å². The number of aryl methyl sites for hydroxylation is 1. The predicted octanol–water partition coefficient (Wildman–Crippen LogP) is 4.64. The molecular formula is C27H30N2O4S. The molecule has 0 saturated carbocycles. The minimum atomic E-state index is -3.76. The van der Waals surface area contributed by atoms with Gasteiger partial charge in [0.2, 0.25) is 10.0 Å². The molecule has 7 heteroatoms. The molecule has 1 heterocycles. The summed E-state index contributed by atoms with van der Waals surface area (Å²) in [6.45, 7) is 6.66. The SMILES string of the molecule is Cc1ccc(N(Cc2ccccc2)C(=O)c2cccc(S(=O)(=O)N3C[C@@H](C)O[C@H](C)C3)c2)cc1. The highest BCUT2D eigenvalue weighted by Crippen LogP contribution is 2.25. The predicted molar refractivity (Wildman–Crippen MR) is 133 cm³/mol. The number of rotatable bonds is 6. The number of benzene rings is 3. The smallest absolute Gasteiger partial charge is 0.258 e. The molecule has 1 fully saturated rings. The number of ether oxygens (including phenoxy) is 1. The van der Waals surface area contributed by atoms with Crippen molar-refractivity contribution in [2.75, 3.05) is 18.0 Å². The van der Waals surface area contributed by atoms with Crippen LogP contribution in [0.4, 0.5) is 5.69 Å².